The van der Waals surface area contributed by atoms with Gasteiger partial charge in [-0.1, -0.05) is 39.8 Å². The Balaban J connectivity index is 3.33. The lowest BCUT2D eigenvalue weighted by atomic mass is 10.1. The highest BCUT2D eigenvalue weighted by atomic mass is 16.5. The molecule has 0 atom stereocenters. The zero-order valence-electron chi connectivity index (χ0n) is 11.9. The second-order valence-electron chi connectivity index (χ2n) is 5.32. The smallest absolute Gasteiger partial charge is 0.305 e. The first kappa shape index (κ1) is 16.2. The van der Waals surface area contributed by atoms with Crippen molar-refractivity contribution in [1.29, 1.82) is 0 Å². The molecule has 2 nitrogen and oxygen atoms in total. The van der Waals surface area contributed by atoms with E-state index in [4.69, 9.17) is 4.74 Å². The normalized spacial score (nSPS) is 11.6. The predicted molar refractivity (Wildman–Crippen MR) is 72.9 cm³/mol. The highest BCUT2D eigenvalue weighted by molar-refractivity contribution is 5.69. The van der Waals surface area contributed by atoms with Gasteiger partial charge in [-0.3, -0.25) is 4.79 Å². The molecule has 0 saturated carbocycles. The standard InChI is InChI=1S/C15H28O2/c1-13(2)9-7-5-6-8-10-15(16)17-12-11-14(3)4/h7,9,13-14H,5-6,8,10-12H2,1-4H3/b9-7+. The summed E-state index contributed by atoms with van der Waals surface area (Å²) >= 11 is 0. The highest BCUT2D eigenvalue weighted by Crippen LogP contribution is 2.05. The molecule has 2 heteroatoms. The van der Waals surface area contributed by atoms with Crippen LogP contribution >= 0.6 is 0 Å². The summed E-state index contributed by atoms with van der Waals surface area (Å²) in [4.78, 5) is 11.3. The van der Waals surface area contributed by atoms with Gasteiger partial charge in [0.15, 0.2) is 0 Å². The largest absolute Gasteiger partial charge is 0.466 e. The maximum atomic E-state index is 11.3. The van der Waals surface area contributed by atoms with Gasteiger partial charge in [-0.25, -0.2) is 0 Å². The van der Waals surface area contributed by atoms with Gasteiger partial charge < -0.3 is 4.74 Å². The second kappa shape index (κ2) is 10.4. The lowest BCUT2D eigenvalue weighted by Crippen LogP contribution is -2.07. The number of hydrogen-bond acceptors (Lipinski definition) is 2. The number of esters is 1. The number of unbranched alkanes of at least 4 members (excludes halogenated alkanes) is 2. The molecule has 0 aromatic carbocycles. The molecule has 0 aliphatic heterocycles. The quantitative estimate of drug-likeness (QED) is 0.340. The molecule has 0 unspecified atom stereocenters. The third-order valence-electron chi connectivity index (χ3n) is 2.48. The third kappa shape index (κ3) is 13.1. The van der Waals surface area contributed by atoms with Crippen LogP contribution in [0.4, 0.5) is 0 Å². The number of rotatable bonds is 9. The Labute approximate surface area is 106 Å². The summed E-state index contributed by atoms with van der Waals surface area (Å²) in [6.45, 7) is 9.18. The molecule has 17 heavy (non-hydrogen) atoms. The van der Waals surface area contributed by atoms with E-state index in [1.54, 1.807) is 0 Å². The van der Waals surface area contributed by atoms with Gasteiger partial charge in [0.25, 0.3) is 0 Å². The van der Waals surface area contributed by atoms with Crippen LogP contribution in [0.3, 0.4) is 0 Å². The topological polar surface area (TPSA) is 26.3 Å². The summed E-state index contributed by atoms with van der Waals surface area (Å²) in [5.41, 5.74) is 0. The number of ether oxygens (including phenoxy) is 1. The number of carbonyl (C=O) groups is 1. The molecular weight excluding hydrogens is 212 g/mol. The predicted octanol–water partition coefficient (Wildman–Crippen LogP) is 4.35. The van der Waals surface area contributed by atoms with Gasteiger partial charge in [0.2, 0.25) is 0 Å². The molecular formula is C15H28O2. The second-order valence-corrected chi connectivity index (χ2v) is 5.32. The molecule has 0 heterocycles. The van der Waals surface area contributed by atoms with E-state index in [1.165, 1.54) is 0 Å². The highest BCUT2D eigenvalue weighted by Gasteiger charge is 2.02. The first-order valence-electron chi connectivity index (χ1n) is 6.84. The SMILES string of the molecule is CC(C)/C=C/CCCCC(=O)OCCC(C)C. The van der Waals surface area contributed by atoms with Gasteiger partial charge in [-0.05, 0) is 37.5 Å². The van der Waals surface area contributed by atoms with E-state index in [0.29, 0.717) is 24.9 Å². The first-order valence-corrected chi connectivity index (χ1v) is 6.84. The van der Waals surface area contributed by atoms with Crippen LogP contribution in [0.25, 0.3) is 0 Å². The summed E-state index contributed by atoms with van der Waals surface area (Å²) < 4.78 is 5.14. The van der Waals surface area contributed by atoms with Crippen LogP contribution in [0, 0.1) is 11.8 Å². The summed E-state index contributed by atoms with van der Waals surface area (Å²) in [5, 5.41) is 0. The Kier molecular flexibility index (Phi) is 9.89. The molecule has 0 radical (unpaired) electrons. The van der Waals surface area contributed by atoms with Crippen LogP contribution < -0.4 is 0 Å². The van der Waals surface area contributed by atoms with Crippen molar-refractivity contribution in [2.24, 2.45) is 11.8 Å². The minimum Gasteiger partial charge on any atom is -0.466 e. The molecule has 0 aromatic rings. The van der Waals surface area contributed by atoms with Crippen LogP contribution in [0.5, 0.6) is 0 Å². The Morgan fingerprint density at radius 1 is 1.18 bits per heavy atom. The first-order chi connectivity index (χ1) is 8.02. The van der Waals surface area contributed by atoms with Crippen molar-refractivity contribution in [1.82, 2.24) is 0 Å². The zero-order chi connectivity index (χ0) is 13.1. The van der Waals surface area contributed by atoms with Crippen molar-refractivity contribution in [3.8, 4) is 0 Å². The molecule has 0 rings (SSSR count). The maximum Gasteiger partial charge on any atom is 0.305 e. The average molecular weight is 240 g/mol. The Morgan fingerprint density at radius 2 is 1.88 bits per heavy atom. The monoisotopic (exact) mass is 240 g/mol. The van der Waals surface area contributed by atoms with E-state index >= 15 is 0 Å². The molecule has 0 N–H and O–H groups in total. The molecule has 0 aromatic heterocycles. The van der Waals surface area contributed by atoms with Gasteiger partial charge in [0.1, 0.15) is 0 Å². The van der Waals surface area contributed by atoms with E-state index in [9.17, 15) is 4.79 Å². The zero-order valence-corrected chi connectivity index (χ0v) is 11.9. The van der Waals surface area contributed by atoms with Crippen molar-refractivity contribution in [3.63, 3.8) is 0 Å². The molecule has 0 amide bonds. The lowest BCUT2D eigenvalue weighted by Gasteiger charge is -2.06. The Hall–Kier alpha value is -0.790. The van der Waals surface area contributed by atoms with E-state index in [0.717, 1.165) is 25.7 Å². The number of carbonyl (C=O) groups excluding carboxylic acids is 1. The molecule has 0 aliphatic rings. The van der Waals surface area contributed by atoms with Gasteiger partial charge in [-0.2, -0.15) is 0 Å². The molecule has 100 valence electrons. The van der Waals surface area contributed by atoms with E-state index in [2.05, 4.69) is 39.8 Å². The van der Waals surface area contributed by atoms with Gasteiger partial charge in [-0.15, -0.1) is 0 Å². The van der Waals surface area contributed by atoms with Crippen LogP contribution in [0.15, 0.2) is 12.2 Å². The fourth-order valence-corrected chi connectivity index (χ4v) is 1.38. The minimum atomic E-state index is -0.0431. The van der Waals surface area contributed by atoms with Gasteiger partial charge in [0, 0.05) is 6.42 Å². The van der Waals surface area contributed by atoms with Crippen molar-refractivity contribution in [3.05, 3.63) is 12.2 Å². The Bertz CT molecular complexity index is 217. The van der Waals surface area contributed by atoms with Crippen LogP contribution in [0.1, 0.15) is 59.8 Å². The van der Waals surface area contributed by atoms with E-state index < -0.39 is 0 Å². The average Bonchev–Trinajstić information content (AvgIpc) is 2.22. The minimum absolute atomic E-state index is 0.0431. The van der Waals surface area contributed by atoms with Crippen molar-refractivity contribution in [2.45, 2.75) is 59.8 Å². The molecule has 0 aliphatic carbocycles. The molecule has 0 bridgehead atoms. The molecule has 0 saturated heterocycles. The fourth-order valence-electron chi connectivity index (χ4n) is 1.38. The summed E-state index contributed by atoms with van der Waals surface area (Å²) in [7, 11) is 0. The van der Waals surface area contributed by atoms with Crippen molar-refractivity contribution >= 4 is 5.97 Å². The number of hydrogen-bond donors (Lipinski definition) is 0. The van der Waals surface area contributed by atoms with Crippen LogP contribution in [0.2, 0.25) is 0 Å². The number of allylic oxidation sites excluding steroid dienone is 2. The van der Waals surface area contributed by atoms with Crippen molar-refractivity contribution in [2.75, 3.05) is 6.61 Å². The van der Waals surface area contributed by atoms with Gasteiger partial charge >= 0.3 is 5.97 Å². The third-order valence-corrected chi connectivity index (χ3v) is 2.48. The lowest BCUT2D eigenvalue weighted by molar-refractivity contribution is -0.144. The van der Waals surface area contributed by atoms with E-state index in [1.807, 2.05) is 0 Å². The van der Waals surface area contributed by atoms with E-state index in [-0.39, 0.29) is 5.97 Å². The van der Waals surface area contributed by atoms with Crippen LogP contribution in [-0.2, 0) is 9.53 Å². The molecule has 0 fully saturated rings. The maximum absolute atomic E-state index is 11.3. The summed E-state index contributed by atoms with van der Waals surface area (Å²) in [6.07, 6.45) is 9.01. The summed E-state index contributed by atoms with van der Waals surface area (Å²) in [6, 6.07) is 0. The summed E-state index contributed by atoms with van der Waals surface area (Å²) in [5.74, 6) is 1.18. The van der Waals surface area contributed by atoms with Gasteiger partial charge in [0.05, 0.1) is 6.61 Å². The fraction of sp³-hybridized carbons (Fsp3) is 0.800. The van der Waals surface area contributed by atoms with Crippen molar-refractivity contribution < 1.29 is 9.53 Å². The Morgan fingerprint density at radius 3 is 2.47 bits per heavy atom. The van der Waals surface area contributed by atoms with Crippen LogP contribution in [-0.4, -0.2) is 12.6 Å². The molecule has 0 spiro atoms.